The summed E-state index contributed by atoms with van der Waals surface area (Å²) in [5.74, 6) is 0.759. The first-order chi connectivity index (χ1) is 9.78. The zero-order valence-corrected chi connectivity index (χ0v) is 13.4. The maximum absolute atomic E-state index is 12.7. The van der Waals surface area contributed by atoms with Gasteiger partial charge in [-0.3, -0.25) is 0 Å². The van der Waals surface area contributed by atoms with Crippen LogP contribution in [-0.4, -0.2) is 46.1 Å². The summed E-state index contributed by atoms with van der Waals surface area (Å²) in [4.78, 5) is 0.134. The van der Waals surface area contributed by atoms with Crippen LogP contribution >= 0.6 is 0 Å². The fourth-order valence-electron chi connectivity index (χ4n) is 2.17. The third kappa shape index (κ3) is 3.30. The van der Waals surface area contributed by atoms with Gasteiger partial charge in [0.2, 0.25) is 10.0 Å². The standard InChI is InChI=1S/C14H22N2O4S/c1-14(2,9-15)10-16(3)21(17,18)12-6-4-5-11-13(12)20-8-7-19-11/h4-6H,7-10,15H2,1-3H3. The van der Waals surface area contributed by atoms with Gasteiger partial charge in [0.25, 0.3) is 0 Å². The molecule has 21 heavy (non-hydrogen) atoms. The van der Waals surface area contributed by atoms with Gasteiger partial charge in [0, 0.05) is 13.6 Å². The second-order valence-corrected chi connectivity index (χ2v) is 7.92. The summed E-state index contributed by atoms with van der Waals surface area (Å²) in [7, 11) is -2.10. The summed E-state index contributed by atoms with van der Waals surface area (Å²) >= 11 is 0. The van der Waals surface area contributed by atoms with E-state index in [4.69, 9.17) is 15.2 Å². The molecule has 2 rings (SSSR count). The number of rotatable bonds is 5. The van der Waals surface area contributed by atoms with Crippen molar-refractivity contribution >= 4 is 10.0 Å². The number of nitrogens with two attached hydrogens (primary N) is 1. The highest BCUT2D eigenvalue weighted by molar-refractivity contribution is 7.89. The van der Waals surface area contributed by atoms with Gasteiger partial charge in [0.05, 0.1) is 0 Å². The van der Waals surface area contributed by atoms with E-state index < -0.39 is 10.0 Å². The maximum Gasteiger partial charge on any atom is 0.246 e. The van der Waals surface area contributed by atoms with Crippen LogP contribution in [0.4, 0.5) is 0 Å². The van der Waals surface area contributed by atoms with Gasteiger partial charge in [0.1, 0.15) is 18.1 Å². The first-order valence-electron chi connectivity index (χ1n) is 6.83. The largest absolute Gasteiger partial charge is 0.486 e. The molecule has 0 spiro atoms. The molecule has 0 saturated heterocycles. The highest BCUT2D eigenvalue weighted by Crippen LogP contribution is 2.37. The number of para-hydroxylation sites is 1. The molecule has 1 aliphatic heterocycles. The quantitative estimate of drug-likeness (QED) is 0.879. The highest BCUT2D eigenvalue weighted by Gasteiger charge is 2.31. The monoisotopic (exact) mass is 314 g/mol. The summed E-state index contributed by atoms with van der Waals surface area (Å²) in [6, 6.07) is 4.90. The molecule has 0 bridgehead atoms. The third-order valence-electron chi connectivity index (χ3n) is 3.42. The molecule has 0 saturated carbocycles. The molecule has 1 heterocycles. The van der Waals surface area contributed by atoms with E-state index in [1.54, 1.807) is 19.2 Å². The molecule has 2 N–H and O–H groups in total. The van der Waals surface area contributed by atoms with Crippen molar-refractivity contribution in [2.75, 3.05) is 33.4 Å². The smallest absolute Gasteiger partial charge is 0.246 e. The van der Waals surface area contributed by atoms with E-state index in [0.717, 1.165) is 0 Å². The Morgan fingerprint density at radius 1 is 1.29 bits per heavy atom. The number of hydrogen-bond acceptors (Lipinski definition) is 5. The van der Waals surface area contributed by atoms with E-state index in [1.807, 2.05) is 13.8 Å². The molecule has 0 aromatic heterocycles. The molecule has 1 aromatic rings. The maximum atomic E-state index is 12.7. The average Bonchev–Trinajstić information content (AvgIpc) is 2.46. The minimum Gasteiger partial charge on any atom is -0.486 e. The van der Waals surface area contributed by atoms with Crippen LogP contribution in [0, 0.1) is 5.41 Å². The number of sulfonamides is 1. The number of nitrogens with zero attached hydrogens (tertiary/aromatic N) is 1. The Balaban J connectivity index is 2.36. The van der Waals surface area contributed by atoms with Gasteiger partial charge >= 0.3 is 0 Å². The number of benzene rings is 1. The molecule has 1 aromatic carbocycles. The normalized spacial score (nSPS) is 15.3. The second kappa shape index (κ2) is 5.82. The Morgan fingerprint density at radius 3 is 2.62 bits per heavy atom. The topological polar surface area (TPSA) is 81.9 Å². The van der Waals surface area contributed by atoms with Crippen molar-refractivity contribution in [3.8, 4) is 11.5 Å². The first-order valence-corrected chi connectivity index (χ1v) is 8.27. The van der Waals surface area contributed by atoms with E-state index in [0.29, 0.717) is 37.8 Å². The van der Waals surface area contributed by atoms with Gasteiger partial charge < -0.3 is 15.2 Å². The fraction of sp³-hybridized carbons (Fsp3) is 0.571. The Hall–Kier alpha value is -1.31. The molecule has 7 heteroatoms. The molecule has 0 atom stereocenters. The van der Waals surface area contributed by atoms with E-state index >= 15 is 0 Å². The van der Waals surface area contributed by atoms with Crippen LogP contribution in [0.5, 0.6) is 11.5 Å². The van der Waals surface area contributed by atoms with Crippen LogP contribution in [0.3, 0.4) is 0 Å². The van der Waals surface area contributed by atoms with Gasteiger partial charge in [-0.25, -0.2) is 12.7 Å². The molecule has 6 nitrogen and oxygen atoms in total. The second-order valence-electron chi connectivity index (χ2n) is 5.91. The predicted octanol–water partition coefficient (Wildman–Crippen LogP) is 1.06. The summed E-state index contributed by atoms with van der Waals surface area (Å²) in [5, 5.41) is 0. The average molecular weight is 314 g/mol. The van der Waals surface area contributed by atoms with E-state index in [2.05, 4.69) is 0 Å². The van der Waals surface area contributed by atoms with E-state index in [-0.39, 0.29) is 10.3 Å². The van der Waals surface area contributed by atoms with Crippen molar-refractivity contribution in [2.24, 2.45) is 11.1 Å². The SMILES string of the molecule is CN(CC(C)(C)CN)S(=O)(=O)c1cccc2c1OCCO2. The van der Waals surface area contributed by atoms with E-state index in [9.17, 15) is 8.42 Å². The molecule has 0 fully saturated rings. The first kappa shape index (κ1) is 16.1. The molecule has 118 valence electrons. The van der Waals surface area contributed by atoms with Crippen molar-refractivity contribution < 1.29 is 17.9 Å². The molecule has 0 amide bonds. The minimum absolute atomic E-state index is 0.134. The summed E-state index contributed by atoms with van der Waals surface area (Å²) in [6.45, 7) is 5.36. The van der Waals surface area contributed by atoms with Gasteiger partial charge in [0.15, 0.2) is 11.5 Å². The van der Waals surface area contributed by atoms with Crippen LogP contribution in [-0.2, 0) is 10.0 Å². The lowest BCUT2D eigenvalue weighted by atomic mass is 9.94. The van der Waals surface area contributed by atoms with Gasteiger partial charge in [-0.2, -0.15) is 0 Å². The molecule has 0 radical (unpaired) electrons. The lowest BCUT2D eigenvalue weighted by molar-refractivity contribution is 0.166. The van der Waals surface area contributed by atoms with E-state index in [1.165, 1.54) is 10.4 Å². The molecular formula is C14H22N2O4S. The number of fused-ring (bicyclic) bond motifs is 1. The van der Waals surface area contributed by atoms with Crippen molar-refractivity contribution in [3.63, 3.8) is 0 Å². The zero-order valence-electron chi connectivity index (χ0n) is 12.6. The Morgan fingerprint density at radius 2 is 1.95 bits per heavy atom. The Kier molecular flexibility index (Phi) is 4.46. The Labute approximate surface area is 125 Å². The molecule has 0 aliphatic carbocycles. The summed E-state index contributed by atoms with van der Waals surface area (Å²) < 4.78 is 37.7. The van der Waals surface area contributed by atoms with Crippen LogP contribution < -0.4 is 15.2 Å². The highest BCUT2D eigenvalue weighted by atomic mass is 32.2. The third-order valence-corrected chi connectivity index (χ3v) is 5.25. The zero-order chi connectivity index (χ0) is 15.7. The van der Waals surface area contributed by atoms with Crippen LogP contribution in [0.1, 0.15) is 13.8 Å². The van der Waals surface area contributed by atoms with Gasteiger partial charge in [-0.1, -0.05) is 19.9 Å². The van der Waals surface area contributed by atoms with Gasteiger partial charge in [-0.05, 0) is 24.1 Å². The van der Waals surface area contributed by atoms with Crippen molar-refractivity contribution in [1.82, 2.24) is 4.31 Å². The molecular weight excluding hydrogens is 292 g/mol. The lowest BCUT2D eigenvalue weighted by Crippen LogP contribution is -2.40. The van der Waals surface area contributed by atoms with Crippen molar-refractivity contribution in [1.29, 1.82) is 0 Å². The number of ether oxygens (including phenoxy) is 2. The summed E-state index contributed by atoms with van der Waals surface area (Å²) in [5.41, 5.74) is 5.38. The summed E-state index contributed by atoms with van der Waals surface area (Å²) in [6.07, 6.45) is 0. The lowest BCUT2D eigenvalue weighted by Gasteiger charge is -2.29. The minimum atomic E-state index is -3.65. The van der Waals surface area contributed by atoms with Crippen LogP contribution in [0.15, 0.2) is 23.1 Å². The molecule has 0 unspecified atom stereocenters. The van der Waals surface area contributed by atoms with Crippen LogP contribution in [0.25, 0.3) is 0 Å². The predicted molar refractivity (Wildman–Crippen MR) is 80.1 cm³/mol. The number of hydrogen-bond donors (Lipinski definition) is 1. The van der Waals surface area contributed by atoms with Crippen molar-refractivity contribution in [2.45, 2.75) is 18.7 Å². The molecule has 1 aliphatic rings. The Bertz CT molecular complexity index is 613. The van der Waals surface area contributed by atoms with Crippen LogP contribution in [0.2, 0.25) is 0 Å². The fourth-order valence-corrected chi connectivity index (χ4v) is 3.67. The van der Waals surface area contributed by atoms with Crippen molar-refractivity contribution in [3.05, 3.63) is 18.2 Å². The van der Waals surface area contributed by atoms with Gasteiger partial charge in [-0.15, -0.1) is 0 Å².